The van der Waals surface area contributed by atoms with E-state index in [4.69, 9.17) is 0 Å². The van der Waals surface area contributed by atoms with Crippen molar-refractivity contribution in [3.63, 3.8) is 0 Å². The van der Waals surface area contributed by atoms with Gasteiger partial charge in [0.25, 0.3) is 0 Å². The summed E-state index contributed by atoms with van der Waals surface area (Å²) in [7, 11) is 1.81. The number of aryl methyl sites for hydroxylation is 1. The summed E-state index contributed by atoms with van der Waals surface area (Å²) in [5.74, 6) is 1.55. The summed E-state index contributed by atoms with van der Waals surface area (Å²) in [6.45, 7) is 1.95. The zero-order valence-corrected chi connectivity index (χ0v) is 8.23. The largest absolute Gasteiger partial charge is 0.316 e. The van der Waals surface area contributed by atoms with Crippen LogP contribution in [0.2, 0.25) is 0 Å². The van der Waals surface area contributed by atoms with E-state index in [1.165, 1.54) is 6.33 Å². The lowest BCUT2D eigenvalue weighted by Gasteiger charge is -2.26. The third-order valence-electron chi connectivity index (χ3n) is 2.54. The van der Waals surface area contributed by atoms with Crippen LogP contribution in [0, 0.1) is 5.92 Å². The fourth-order valence-electron chi connectivity index (χ4n) is 1.54. The molecule has 14 heavy (non-hydrogen) atoms. The van der Waals surface area contributed by atoms with Gasteiger partial charge in [0.2, 0.25) is 0 Å². The molecule has 76 valence electrons. The molecule has 2 heterocycles. The summed E-state index contributed by atoms with van der Waals surface area (Å²) in [6.07, 6.45) is 2.56. The van der Waals surface area contributed by atoms with E-state index in [2.05, 4.69) is 15.4 Å². The molecule has 1 N–H and O–H groups in total. The Bertz CT molecular complexity index is 329. The molecule has 0 radical (unpaired) electrons. The Morgan fingerprint density at radius 1 is 1.71 bits per heavy atom. The number of ketones is 1. The van der Waals surface area contributed by atoms with Gasteiger partial charge in [-0.15, -0.1) is 0 Å². The van der Waals surface area contributed by atoms with E-state index in [1.54, 1.807) is 11.7 Å². The molecule has 1 aliphatic rings. The lowest BCUT2D eigenvalue weighted by Crippen LogP contribution is -2.43. The number of carbonyl (C=O) groups is 1. The van der Waals surface area contributed by atoms with Crippen molar-refractivity contribution in [3.05, 3.63) is 12.2 Å². The SMILES string of the molecule is Cn1ncnc1CC(=O)CC1CNC1. The minimum absolute atomic E-state index is 0.257. The maximum absolute atomic E-state index is 11.6. The average Bonchev–Trinajstić information content (AvgIpc) is 2.45. The Morgan fingerprint density at radius 2 is 2.50 bits per heavy atom. The van der Waals surface area contributed by atoms with Crippen LogP contribution in [0.1, 0.15) is 12.2 Å². The normalized spacial score (nSPS) is 16.6. The molecule has 2 rings (SSSR count). The Morgan fingerprint density at radius 3 is 3.00 bits per heavy atom. The first-order valence-electron chi connectivity index (χ1n) is 4.81. The minimum atomic E-state index is 0.257. The van der Waals surface area contributed by atoms with Gasteiger partial charge < -0.3 is 5.32 Å². The molecule has 5 heteroatoms. The lowest BCUT2D eigenvalue weighted by atomic mass is 9.95. The van der Waals surface area contributed by atoms with E-state index in [1.807, 2.05) is 0 Å². The van der Waals surface area contributed by atoms with Crippen molar-refractivity contribution in [2.75, 3.05) is 13.1 Å². The number of carbonyl (C=O) groups excluding carboxylic acids is 1. The fourth-order valence-corrected chi connectivity index (χ4v) is 1.54. The molecule has 0 saturated carbocycles. The van der Waals surface area contributed by atoms with E-state index in [9.17, 15) is 4.79 Å². The van der Waals surface area contributed by atoms with Crippen molar-refractivity contribution in [1.29, 1.82) is 0 Å². The summed E-state index contributed by atoms with van der Waals surface area (Å²) in [5.41, 5.74) is 0. The first-order chi connectivity index (χ1) is 6.75. The Hall–Kier alpha value is -1.23. The molecule has 1 aromatic heterocycles. The number of nitrogens with one attached hydrogen (secondary N) is 1. The summed E-state index contributed by atoms with van der Waals surface area (Å²) < 4.78 is 1.65. The van der Waals surface area contributed by atoms with E-state index < -0.39 is 0 Å². The smallest absolute Gasteiger partial charge is 0.140 e. The molecule has 1 aliphatic heterocycles. The van der Waals surface area contributed by atoms with E-state index >= 15 is 0 Å². The molecule has 0 spiro atoms. The third kappa shape index (κ3) is 1.98. The highest BCUT2D eigenvalue weighted by Gasteiger charge is 2.20. The van der Waals surface area contributed by atoms with Crippen molar-refractivity contribution in [1.82, 2.24) is 20.1 Å². The first kappa shape index (κ1) is 9.33. The van der Waals surface area contributed by atoms with Crippen LogP contribution < -0.4 is 5.32 Å². The average molecular weight is 194 g/mol. The highest BCUT2D eigenvalue weighted by molar-refractivity contribution is 5.80. The second-order valence-electron chi connectivity index (χ2n) is 3.74. The molecule has 0 unspecified atom stereocenters. The van der Waals surface area contributed by atoms with Crippen molar-refractivity contribution >= 4 is 5.78 Å². The molecule has 0 bridgehead atoms. The maximum Gasteiger partial charge on any atom is 0.140 e. The van der Waals surface area contributed by atoms with Crippen LogP contribution in [0.3, 0.4) is 0 Å². The van der Waals surface area contributed by atoms with Crippen LogP contribution in [-0.4, -0.2) is 33.6 Å². The van der Waals surface area contributed by atoms with Gasteiger partial charge in [0.15, 0.2) is 0 Å². The van der Waals surface area contributed by atoms with Crippen LogP contribution in [0.5, 0.6) is 0 Å². The van der Waals surface area contributed by atoms with Gasteiger partial charge in [0.05, 0.1) is 6.42 Å². The van der Waals surface area contributed by atoms with E-state index in [0.29, 0.717) is 18.8 Å². The number of hydrogen-bond donors (Lipinski definition) is 1. The molecular weight excluding hydrogens is 180 g/mol. The molecule has 0 aromatic carbocycles. The zero-order chi connectivity index (χ0) is 9.97. The number of Topliss-reactive ketones (excluding diaryl/α,β-unsaturated/α-hetero) is 1. The summed E-state index contributed by atoms with van der Waals surface area (Å²) in [5, 5.41) is 7.08. The second-order valence-corrected chi connectivity index (χ2v) is 3.74. The molecule has 0 atom stereocenters. The molecule has 1 aromatic rings. The van der Waals surface area contributed by atoms with Crippen molar-refractivity contribution in [3.8, 4) is 0 Å². The van der Waals surface area contributed by atoms with E-state index in [-0.39, 0.29) is 5.78 Å². The van der Waals surface area contributed by atoms with Gasteiger partial charge in [0.1, 0.15) is 17.9 Å². The predicted octanol–water partition coefficient (Wildman–Crippen LogP) is -0.464. The monoisotopic (exact) mass is 194 g/mol. The van der Waals surface area contributed by atoms with Crippen LogP contribution in [-0.2, 0) is 18.3 Å². The molecule has 0 amide bonds. The van der Waals surface area contributed by atoms with Gasteiger partial charge in [-0.2, -0.15) is 5.10 Å². The van der Waals surface area contributed by atoms with Gasteiger partial charge in [-0.05, 0) is 19.0 Å². The summed E-state index contributed by atoms with van der Waals surface area (Å²) in [4.78, 5) is 15.6. The molecule has 5 nitrogen and oxygen atoms in total. The standard InChI is InChI=1S/C9H14N4O/c1-13-9(11-6-12-13)3-8(14)2-7-4-10-5-7/h6-7,10H,2-5H2,1H3. The third-order valence-corrected chi connectivity index (χ3v) is 2.54. The van der Waals surface area contributed by atoms with Crippen LogP contribution >= 0.6 is 0 Å². The van der Waals surface area contributed by atoms with Gasteiger partial charge in [-0.1, -0.05) is 0 Å². The van der Waals surface area contributed by atoms with Crippen molar-refractivity contribution in [2.24, 2.45) is 13.0 Å². The van der Waals surface area contributed by atoms with Crippen LogP contribution in [0.4, 0.5) is 0 Å². The Labute approximate surface area is 82.5 Å². The zero-order valence-electron chi connectivity index (χ0n) is 8.23. The molecule has 1 saturated heterocycles. The van der Waals surface area contributed by atoms with Crippen molar-refractivity contribution in [2.45, 2.75) is 12.8 Å². The number of rotatable bonds is 4. The Balaban J connectivity index is 1.84. The molecule has 1 fully saturated rings. The minimum Gasteiger partial charge on any atom is -0.316 e. The Kier molecular flexibility index (Phi) is 2.58. The number of hydrogen-bond acceptors (Lipinski definition) is 4. The van der Waals surface area contributed by atoms with Gasteiger partial charge >= 0.3 is 0 Å². The van der Waals surface area contributed by atoms with Crippen LogP contribution in [0.15, 0.2) is 6.33 Å². The summed E-state index contributed by atoms with van der Waals surface area (Å²) in [6, 6.07) is 0. The fraction of sp³-hybridized carbons (Fsp3) is 0.667. The predicted molar refractivity (Wildman–Crippen MR) is 50.7 cm³/mol. The second kappa shape index (κ2) is 3.88. The quantitative estimate of drug-likeness (QED) is 0.704. The number of nitrogens with zero attached hydrogens (tertiary/aromatic N) is 3. The summed E-state index contributed by atoms with van der Waals surface area (Å²) >= 11 is 0. The van der Waals surface area contributed by atoms with Crippen LogP contribution in [0.25, 0.3) is 0 Å². The van der Waals surface area contributed by atoms with Gasteiger partial charge in [-0.25, -0.2) is 4.98 Å². The highest BCUT2D eigenvalue weighted by Crippen LogP contribution is 2.10. The highest BCUT2D eigenvalue weighted by atomic mass is 16.1. The first-order valence-corrected chi connectivity index (χ1v) is 4.81. The van der Waals surface area contributed by atoms with E-state index in [0.717, 1.165) is 18.9 Å². The van der Waals surface area contributed by atoms with Gasteiger partial charge in [0, 0.05) is 13.5 Å². The number of aromatic nitrogens is 3. The van der Waals surface area contributed by atoms with Gasteiger partial charge in [-0.3, -0.25) is 9.48 Å². The molecular formula is C9H14N4O. The van der Waals surface area contributed by atoms with Crippen molar-refractivity contribution < 1.29 is 4.79 Å². The maximum atomic E-state index is 11.6. The topological polar surface area (TPSA) is 59.8 Å². The molecule has 0 aliphatic carbocycles. The lowest BCUT2D eigenvalue weighted by molar-refractivity contribution is -0.119.